The zero-order valence-electron chi connectivity index (χ0n) is 20.6. The number of carbonyl (C=O) groups is 2. The molecular weight excluding hydrogens is 472 g/mol. The monoisotopic (exact) mass is 500 g/mol. The van der Waals surface area contributed by atoms with E-state index >= 15 is 0 Å². The van der Waals surface area contributed by atoms with Gasteiger partial charge in [0, 0.05) is 15.8 Å². The van der Waals surface area contributed by atoms with Crippen molar-refractivity contribution >= 4 is 39.1 Å². The number of ether oxygens (including phenoxy) is 2. The molecule has 6 nitrogen and oxygen atoms in total. The van der Waals surface area contributed by atoms with Crippen molar-refractivity contribution in [2.75, 3.05) is 12.4 Å². The number of nitrogens with zero attached hydrogens (tertiary/aromatic N) is 1. The maximum absolute atomic E-state index is 13.7. The van der Waals surface area contributed by atoms with Gasteiger partial charge in [-0.05, 0) is 69.4 Å². The second-order valence-corrected chi connectivity index (χ2v) is 10.2. The molecule has 1 aliphatic carbocycles. The molecule has 2 aromatic carbocycles. The van der Waals surface area contributed by atoms with Crippen LogP contribution in [0.2, 0.25) is 0 Å². The van der Waals surface area contributed by atoms with E-state index < -0.39 is 0 Å². The van der Waals surface area contributed by atoms with Gasteiger partial charge in [-0.3, -0.25) is 4.79 Å². The average molecular weight is 501 g/mol. The number of aromatic nitrogens is 1. The lowest BCUT2D eigenvalue weighted by atomic mass is 9.95. The largest absolute Gasteiger partial charge is 0.497 e. The number of anilines is 1. The van der Waals surface area contributed by atoms with E-state index in [2.05, 4.69) is 5.32 Å². The summed E-state index contributed by atoms with van der Waals surface area (Å²) in [5, 5.41) is 4.36. The first-order chi connectivity index (χ1) is 17.4. The van der Waals surface area contributed by atoms with E-state index in [9.17, 15) is 9.59 Å². The van der Waals surface area contributed by atoms with Crippen molar-refractivity contribution in [2.45, 2.75) is 45.6 Å². The van der Waals surface area contributed by atoms with Gasteiger partial charge in [0.2, 0.25) is 0 Å². The molecule has 0 spiro atoms. The van der Waals surface area contributed by atoms with Crippen molar-refractivity contribution in [1.82, 2.24) is 4.98 Å². The molecule has 2 aromatic heterocycles. The standard InChI is InChI=1S/C29H28N2O4S/c1-17(2)35-29(33)26-21-12-5-7-14-25(21)36-28(26)31-27(32)22-16-24(18-9-8-10-19(15-18)34-3)30-23-13-6-4-11-20(22)23/h4,6,8-11,13,15-17H,5,7,12,14H2,1-3H3,(H,31,32). The highest BCUT2D eigenvalue weighted by atomic mass is 32.1. The number of pyridine rings is 1. The first kappa shape index (κ1) is 24.0. The maximum Gasteiger partial charge on any atom is 0.341 e. The summed E-state index contributed by atoms with van der Waals surface area (Å²) >= 11 is 1.49. The number of para-hydroxylation sites is 1. The van der Waals surface area contributed by atoms with Gasteiger partial charge in [-0.25, -0.2) is 9.78 Å². The van der Waals surface area contributed by atoms with E-state index in [0.29, 0.717) is 33.1 Å². The van der Waals surface area contributed by atoms with Gasteiger partial charge in [0.05, 0.1) is 35.6 Å². The minimum absolute atomic E-state index is 0.241. The van der Waals surface area contributed by atoms with Crippen LogP contribution in [0, 0.1) is 0 Å². The molecule has 2 heterocycles. The highest BCUT2D eigenvalue weighted by Gasteiger charge is 2.28. The van der Waals surface area contributed by atoms with Crippen LogP contribution >= 0.6 is 11.3 Å². The fourth-order valence-electron chi connectivity index (χ4n) is 4.61. The molecular formula is C29H28N2O4S. The van der Waals surface area contributed by atoms with Gasteiger partial charge in [0.25, 0.3) is 5.91 Å². The number of benzene rings is 2. The smallest absolute Gasteiger partial charge is 0.341 e. The van der Waals surface area contributed by atoms with Crippen molar-refractivity contribution in [3.05, 3.63) is 76.2 Å². The normalized spacial score (nSPS) is 12.9. The number of fused-ring (bicyclic) bond motifs is 2. The Kier molecular flexibility index (Phi) is 6.74. The molecule has 0 saturated carbocycles. The molecule has 184 valence electrons. The fourth-order valence-corrected chi connectivity index (χ4v) is 5.88. The van der Waals surface area contributed by atoms with Crippen LogP contribution in [0.4, 0.5) is 5.00 Å². The SMILES string of the molecule is COc1cccc(-c2cc(C(=O)Nc3sc4c(c3C(=O)OC(C)C)CCCC4)c3ccccc3n2)c1. The Balaban J connectivity index is 1.57. The molecule has 0 bridgehead atoms. The molecule has 0 saturated heterocycles. The molecule has 5 rings (SSSR count). The maximum atomic E-state index is 13.7. The summed E-state index contributed by atoms with van der Waals surface area (Å²) in [5.41, 5.74) is 4.25. The molecule has 0 atom stereocenters. The Morgan fingerprint density at radius 1 is 1.03 bits per heavy atom. The van der Waals surface area contributed by atoms with Gasteiger partial charge in [-0.1, -0.05) is 30.3 Å². The molecule has 36 heavy (non-hydrogen) atoms. The number of amides is 1. The van der Waals surface area contributed by atoms with Gasteiger partial charge < -0.3 is 14.8 Å². The third-order valence-corrected chi connectivity index (χ3v) is 7.48. The lowest BCUT2D eigenvalue weighted by Gasteiger charge is -2.14. The molecule has 1 amide bonds. The van der Waals surface area contributed by atoms with Crippen LogP contribution in [0.5, 0.6) is 5.75 Å². The molecule has 0 radical (unpaired) electrons. The van der Waals surface area contributed by atoms with E-state index in [0.717, 1.165) is 47.1 Å². The van der Waals surface area contributed by atoms with Gasteiger partial charge in [-0.2, -0.15) is 0 Å². The Labute approximate surface area is 214 Å². The van der Waals surface area contributed by atoms with E-state index in [1.807, 2.05) is 62.4 Å². The summed E-state index contributed by atoms with van der Waals surface area (Å²) in [6.07, 6.45) is 3.60. The number of hydrogen-bond acceptors (Lipinski definition) is 6. The summed E-state index contributed by atoms with van der Waals surface area (Å²) < 4.78 is 10.9. The molecule has 1 N–H and O–H groups in total. The molecule has 0 fully saturated rings. The Bertz CT molecular complexity index is 1460. The second-order valence-electron chi connectivity index (χ2n) is 9.13. The molecule has 0 aliphatic heterocycles. The number of carbonyl (C=O) groups excluding carboxylic acids is 2. The molecule has 1 aliphatic rings. The summed E-state index contributed by atoms with van der Waals surface area (Å²) in [6, 6.07) is 17.0. The number of aryl methyl sites for hydroxylation is 1. The van der Waals surface area contributed by atoms with Gasteiger partial charge in [-0.15, -0.1) is 11.3 Å². The van der Waals surface area contributed by atoms with Gasteiger partial charge in [0.1, 0.15) is 10.8 Å². The van der Waals surface area contributed by atoms with Gasteiger partial charge >= 0.3 is 5.97 Å². The zero-order valence-corrected chi connectivity index (χ0v) is 21.4. The lowest BCUT2D eigenvalue weighted by molar-refractivity contribution is 0.0378. The third kappa shape index (κ3) is 4.71. The lowest BCUT2D eigenvalue weighted by Crippen LogP contribution is -2.18. The van der Waals surface area contributed by atoms with Crippen LogP contribution < -0.4 is 10.1 Å². The van der Waals surface area contributed by atoms with Crippen LogP contribution in [-0.2, 0) is 17.6 Å². The number of hydrogen-bond donors (Lipinski definition) is 1. The zero-order chi connectivity index (χ0) is 25.2. The quantitative estimate of drug-likeness (QED) is 0.299. The van der Waals surface area contributed by atoms with Crippen molar-refractivity contribution in [3.63, 3.8) is 0 Å². The predicted molar refractivity (Wildman–Crippen MR) is 143 cm³/mol. The fraction of sp³-hybridized carbons (Fsp3) is 0.276. The summed E-state index contributed by atoms with van der Waals surface area (Å²) in [5.74, 6) is 0.0530. The molecule has 4 aromatic rings. The van der Waals surface area contributed by atoms with Crippen molar-refractivity contribution in [3.8, 4) is 17.0 Å². The first-order valence-electron chi connectivity index (χ1n) is 12.2. The minimum Gasteiger partial charge on any atom is -0.497 e. The number of methoxy groups -OCH3 is 1. The Morgan fingerprint density at radius 3 is 2.64 bits per heavy atom. The molecule has 0 unspecified atom stereocenters. The third-order valence-electron chi connectivity index (χ3n) is 6.27. The highest BCUT2D eigenvalue weighted by Crippen LogP contribution is 2.39. The highest BCUT2D eigenvalue weighted by molar-refractivity contribution is 7.17. The first-order valence-corrected chi connectivity index (χ1v) is 13.0. The van der Waals surface area contributed by atoms with E-state index in [1.165, 1.54) is 11.3 Å². The predicted octanol–water partition coefficient (Wildman–Crippen LogP) is 6.67. The number of thiophene rings is 1. The average Bonchev–Trinajstić information content (AvgIpc) is 3.25. The molecule has 7 heteroatoms. The minimum atomic E-state index is -0.378. The summed E-state index contributed by atoms with van der Waals surface area (Å²) in [7, 11) is 1.62. The van der Waals surface area contributed by atoms with E-state index in [1.54, 1.807) is 13.2 Å². The van der Waals surface area contributed by atoms with Crippen molar-refractivity contribution < 1.29 is 19.1 Å². The van der Waals surface area contributed by atoms with E-state index in [-0.39, 0.29) is 18.0 Å². The van der Waals surface area contributed by atoms with E-state index in [4.69, 9.17) is 14.5 Å². The van der Waals surface area contributed by atoms with Crippen LogP contribution in [0.1, 0.15) is 57.8 Å². The van der Waals surface area contributed by atoms with Crippen molar-refractivity contribution in [2.24, 2.45) is 0 Å². The van der Waals surface area contributed by atoms with Crippen molar-refractivity contribution in [1.29, 1.82) is 0 Å². The summed E-state index contributed by atoms with van der Waals surface area (Å²) in [4.78, 5) is 32.7. The topological polar surface area (TPSA) is 77.5 Å². The van der Waals surface area contributed by atoms with Crippen LogP contribution in [0.25, 0.3) is 22.2 Å². The number of nitrogens with one attached hydrogen (secondary N) is 1. The summed E-state index contributed by atoms with van der Waals surface area (Å²) in [6.45, 7) is 3.66. The van der Waals surface area contributed by atoms with Crippen LogP contribution in [0.15, 0.2) is 54.6 Å². The second kappa shape index (κ2) is 10.1. The number of esters is 1. The number of rotatable bonds is 6. The van der Waals surface area contributed by atoms with Gasteiger partial charge in [0.15, 0.2) is 0 Å². The Hall–Kier alpha value is -3.71. The Morgan fingerprint density at radius 2 is 1.83 bits per heavy atom. The van der Waals surface area contributed by atoms with Crippen LogP contribution in [0.3, 0.4) is 0 Å². The van der Waals surface area contributed by atoms with Crippen LogP contribution in [-0.4, -0.2) is 30.1 Å².